The summed E-state index contributed by atoms with van der Waals surface area (Å²) in [7, 11) is 1.54. The number of anilines is 2. The van der Waals surface area contributed by atoms with E-state index >= 15 is 4.39 Å². The Balaban J connectivity index is 1.29. The molecule has 0 unspecified atom stereocenters. The summed E-state index contributed by atoms with van der Waals surface area (Å²) in [6, 6.07) is 11.2. The minimum absolute atomic E-state index is 0.157. The molecular weight excluding hydrogens is 507 g/mol. The van der Waals surface area contributed by atoms with E-state index < -0.39 is 18.0 Å². The topological polar surface area (TPSA) is 108 Å². The molecule has 2 heterocycles. The second-order valence-electron chi connectivity index (χ2n) is 9.26. The van der Waals surface area contributed by atoms with Crippen molar-refractivity contribution in [1.82, 2.24) is 10.2 Å². The lowest BCUT2D eigenvalue weighted by Crippen LogP contribution is -2.48. The molecule has 39 heavy (non-hydrogen) atoms. The highest BCUT2D eigenvalue weighted by Gasteiger charge is 2.33. The third-order valence-electron chi connectivity index (χ3n) is 6.64. The van der Waals surface area contributed by atoms with Crippen molar-refractivity contribution >= 4 is 35.1 Å². The fraction of sp³-hybridized carbons (Fsp3) is 0.357. The van der Waals surface area contributed by atoms with Gasteiger partial charge in [-0.15, -0.1) is 0 Å². The summed E-state index contributed by atoms with van der Waals surface area (Å²) in [4.78, 5) is 53.1. The third-order valence-corrected chi connectivity index (χ3v) is 6.64. The number of ether oxygens (including phenoxy) is 2. The monoisotopic (exact) mass is 538 g/mol. The molecule has 206 valence electrons. The number of carbonyl (C=O) groups excluding carboxylic acids is 4. The molecular formula is C28H31FN4O6. The number of carbonyl (C=O) groups is 4. The van der Waals surface area contributed by atoms with Crippen LogP contribution in [0.15, 0.2) is 54.6 Å². The molecule has 2 aliphatic heterocycles. The maximum absolute atomic E-state index is 15.1. The minimum Gasteiger partial charge on any atom is -0.497 e. The third kappa shape index (κ3) is 6.92. The zero-order valence-corrected chi connectivity index (χ0v) is 21.9. The summed E-state index contributed by atoms with van der Waals surface area (Å²) in [6.45, 7) is 3.65. The largest absolute Gasteiger partial charge is 0.497 e. The first-order valence-electron chi connectivity index (χ1n) is 12.7. The number of nitrogens with zero attached hydrogens (tertiary/aromatic N) is 3. The number of cyclic esters (lactones) is 1. The fourth-order valence-corrected chi connectivity index (χ4v) is 4.48. The first-order valence-corrected chi connectivity index (χ1v) is 12.7. The van der Waals surface area contributed by atoms with Crippen molar-refractivity contribution in [1.29, 1.82) is 0 Å². The molecule has 0 radical (unpaired) electrons. The smallest absolute Gasteiger partial charge is 0.414 e. The van der Waals surface area contributed by atoms with Gasteiger partial charge in [-0.25, -0.2) is 9.18 Å². The molecule has 2 saturated heterocycles. The van der Waals surface area contributed by atoms with Gasteiger partial charge in [-0.2, -0.15) is 0 Å². The maximum atomic E-state index is 15.1. The van der Waals surface area contributed by atoms with Crippen LogP contribution >= 0.6 is 0 Å². The van der Waals surface area contributed by atoms with Gasteiger partial charge in [0, 0.05) is 57.7 Å². The van der Waals surface area contributed by atoms with Crippen molar-refractivity contribution in [3.05, 3.63) is 66.0 Å². The Morgan fingerprint density at radius 1 is 1.08 bits per heavy atom. The Bertz CT molecular complexity index is 1260. The van der Waals surface area contributed by atoms with E-state index in [-0.39, 0.29) is 24.1 Å². The lowest BCUT2D eigenvalue weighted by molar-refractivity contribution is -0.126. The van der Waals surface area contributed by atoms with Crippen LogP contribution in [0.1, 0.15) is 23.7 Å². The van der Waals surface area contributed by atoms with E-state index in [2.05, 4.69) is 5.32 Å². The number of piperazine rings is 1. The molecule has 11 heteroatoms. The SMILES string of the molecule is COc1ccc(C(=O)C=CC(=O)N2CCN(c3ccc(N4C[C@H](CCNC(C)=O)OC4=O)cc3F)CC2)cc1. The number of nitrogens with one attached hydrogen (secondary N) is 1. The van der Waals surface area contributed by atoms with Crippen molar-refractivity contribution in [3.63, 3.8) is 0 Å². The highest BCUT2D eigenvalue weighted by Crippen LogP contribution is 2.29. The van der Waals surface area contributed by atoms with Crippen LogP contribution in [-0.4, -0.2) is 81.1 Å². The van der Waals surface area contributed by atoms with Crippen LogP contribution in [0.3, 0.4) is 0 Å². The lowest BCUT2D eigenvalue weighted by Gasteiger charge is -2.36. The molecule has 2 fully saturated rings. The van der Waals surface area contributed by atoms with Gasteiger partial charge in [-0.3, -0.25) is 19.3 Å². The number of amides is 3. The number of benzene rings is 2. The van der Waals surface area contributed by atoms with E-state index in [1.807, 2.05) is 4.90 Å². The van der Waals surface area contributed by atoms with Gasteiger partial charge in [0.2, 0.25) is 11.8 Å². The zero-order chi connectivity index (χ0) is 27.9. The van der Waals surface area contributed by atoms with Crippen molar-refractivity contribution < 1.29 is 33.0 Å². The van der Waals surface area contributed by atoms with E-state index in [0.29, 0.717) is 61.8 Å². The molecule has 10 nitrogen and oxygen atoms in total. The number of hydrogen-bond acceptors (Lipinski definition) is 7. The van der Waals surface area contributed by atoms with Gasteiger partial charge >= 0.3 is 6.09 Å². The van der Waals surface area contributed by atoms with Crippen LogP contribution in [-0.2, 0) is 14.3 Å². The second-order valence-corrected chi connectivity index (χ2v) is 9.26. The van der Waals surface area contributed by atoms with Crippen molar-refractivity contribution in [2.45, 2.75) is 19.4 Å². The molecule has 3 amide bonds. The highest BCUT2D eigenvalue weighted by molar-refractivity contribution is 6.07. The van der Waals surface area contributed by atoms with E-state index in [4.69, 9.17) is 9.47 Å². The van der Waals surface area contributed by atoms with Crippen LogP contribution in [0.4, 0.5) is 20.6 Å². The van der Waals surface area contributed by atoms with Crippen LogP contribution in [0, 0.1) is 5.82 Å². The molecule has 0 aliphatic carbocycles. The number of methoxy groups -OCH3 is 1. The van der Waals surface area contributed by atoms with E-state index in [0.717, 1.165) is 0 Å². The molecule has 2 aromatic carbocycles. The Kier molecular flexibility index (Phi) is 8.80. The Morgan fingerprint density at radius 2 is 1.79 bits per heavy atom. The summed E-state index contributed by atoms with van der Waals surface area (Å²) in [5.74, 6) is -0.569. The minimum atomic E-state index is -0.555. The molecule has 2 aromatic rings. The number of hydrogen-bond donors (Lipinski definition) is 1. The van der Waals surface area contributed by atoms with Crippen LogP contribution in [0.5, 0.6) is 5.75 Å². The summed E-state index contributed by atoms with van der Waals surface area (Å²) in [5.41, 5.74) is 1.22. The standard InChI is InChI=1S/C28H31FN4O6/c1-19(34)30-12-11-23-18-33(28(37)39-23)21-5-8-25(24(29)17-21)31-13-15-32(16-14-31)27(36)10-9-26(35)20-3-6-22(38-2)7-4-20/h3-10,17,23H,11-16,18H2,1-2H3,(H,30,34)/t23-/m0/s1. The van der Waals surface area contributed by atoms with Crippen LogP contribution in [0.25, 0.3) is 0 Å². The van der Waals surface area contributed by atoms with Crippen molar-refractivity contribution in [2.75, 3.05) is 56.2 Å². The second kappa shape index (κ2) is 12.4. The Hall–Kier alpha value is -4.41. The van der Waals surface area contributed by atoms with E-state index in [1.54, 1.807) is 48.4 Å². The first kappa shape index (κ1) is 27.6. The van der Waals surface area contributed by atoms with Crippen molar-refractivity contribution in [3.8, 4) is 5.75 Å². The van der Waals surface area contributed by atoms with Gasteiger partial charge in [-0.05, 0) is 48.5 Å². The molecule has 0 spiro atoms. The molecule has 1 N–H and O–H groups in total. The van der Waals surface area contributed by atoms with Crippen molar-refractivity contribution in [2.24, 2.45) is 0 Å². The normalized spacial score (nSPS) is 17.4. The Labute approximate surface area is 225 Å². The summed E-state index contributed by atoms with van der Waals surface area (Å²) < 4.78 is 25.5. The number of halogens is 1. The molecule has 0 aromatic heterocycles. The Morgan fingerprint density at radius 3 is 2.44 bits per heavy atom. The van der Waals surface area contributed by atoms with Gasteiger partial charge in [0.15, 0.2) is 5.78 Å². The molecule has 0 saturated carbocycles. The quantitative estimate of drug-likeness (QED) is 0.386. The first-order chi connectivity index (χ1) is 18.7. The number of ketones is 1. The van der Waals surface area contributed by atoms with Gasteiger partial charge in [0.1, 0.15) is 17.7 Å². The lowest BCUT2D eigenvalue weighted by atomic mass is 10.1. The highest BCUT2D eigenvalue weighted by atomic mass is 19.1. The maximum Gasteiger partial charge on any atom is 0.414 e. The van der Waals surface area contributed by atoms with E-state index in [9.17, 15) is 19.2 Å². The van der Waals surface area contributed by atoms with Gasteiger partial charge in [-0.1, -0.05) is 0 Å². The van der Waals surface area contributed by atoms with Crippen LogP contribution < -0.4 is 19.9 Å². The molecule has 1 atom stereocenters. The van der Waals surface area contributed by atoms with Gasteiger partial charge in [0.05, 0.1) is 25.0 Å². The predicted octanol–water partition coefficient (Wildman–Crippen LogP) is 2.77. The molecule has 2 aliphatic rings. The number of rotatable bonds is 9. The summed E-state index contributed by atoms with van der Waals surface area (Å²) in [6.07, 6.45) is 2.04. The van der Waals surface area contributed by atoms with Gasteiger partial charge < -0.3 is 24.6 Å². The molecule has 0 bridgehead atoms. The average Bonchev–Trinajstić information content (AvgIpc) is 3.31. The summed E-state index contributed by atoms with van der Waals surface area (Å²) in [5, 5.41) is 2.67. The van der Waals surface area contributed by atoms with Gasteiger partial charge in [0.25, 0.3) is 0 Å². The average molecular weight is 539 g/mol. The van der Waals surface area contributed by atoms with Crippen LogP contribution in [0.2, 0.25) is 0 Å². The summed E-state index contributed by atoms with van der Waals surface area (Å²) >= 11 is 0. The fourth-order valence-electron chi connectivity index (χ4n) is 4.48. The molecule has 4 rings (SSSR count). The predicted molar refractivity (Wildman–Crippen MR) is 143 cm³/mol. The van der Waals surface area contributed by atoms with E-state index in [1.165, 1.54) is 30.0 Å². The zero-order valence-electron chi connectivity index (χ0n) is 21.9. The number of allylic oxidation sites excluding steroid dienone is 1.